The predicted octanol–water partition coefficient (Wildman–Crippen LogP) is 5.89. The van der Waals surface area contributed by atoms with Crippen molar-refractivity contribution in [3.63, 3.8) is 0 Å². The van der Waals surface area contributed by atoms with Crippen LogP contribution < -0.4 is 5.32 Å². The number of hydrogen-bond acceptors (Lipinski definition) is 4. The van der Waals surface area contributed by atoms with Crippen molar-refractivity contribution in [2.45, 2.75) is 57.5 Å². The van der Waals surface area contributed by atoms with Gasteiger partial charge in [-0.05, 0) is 41.6 Å². The summed E-state index contributed by atoms with van der Waals surface area (Å²) in [5, 5.41) is 12.5. The first-order valence-electron chi connectivity index (χ1n) is 10.7. The summed E-state index contributed by atoms with van der Waals surface area (Å²) in [5.41, 5.74) is 1.19. The number of H-pyrrole nitrogens is 1. The Kier molecular flexibility index (Phi) is 7.12. The number of rotatable bonds is 8. The molecular formula is C23H28N4OS2. The van der Waals surface area contributed by atoms with E-state index in [1.54, 1.807) is 11.3 Å². The molecule has 0 aliphatic heterocycles. The second kappa shape index (κ2) is 10.2. The van der Waals surface area contributed by atoms with Gasteiger partial charge >= 0.3 is 0 Å². The summed E-state index contributed by atoms with van der Waals surface area (Å²) in [6.07, 6.45) is 7.90. The highest BCUT2D eigenvalue weighted by molar-refractivity contribution is 7.71. The molecule has 1 aliphatic rings. The second-order valence-electron chi connectivity index (χ2n) is 8.00. The number of hydrogen-bond donors (Lipinski definition) is 2. The van der Waals surface area contributed by atoms with Crippen molar-refractivity contribution in [2.75, 3.05) is 0 Å². The molecule has 5 nitrogen and oxygen atoms in total. The fourth-order valence-corrected chi connectivity index (χ4v) is 5.26. The van der Waals surface area contributed by atoms with Gasteiger partial charge in [-0.25, -0.2) is 0 Å². The molecule has 2 N–H and O–H groups in total. The van der Waals surface area contributed by atoms with Gasteiger partial charge in [0.25, 0.3) is 0 Å². The molecule has 0 bridgehead atoms. The van der Waals surface area contributed by atoms with Crippen LogP contribution in [-0.4, -0.2) is 20.7 Å². The summed E-state index contributed by atoms with van der Waals surface area (Å²) in [7, 11) is 0. The first kappa shape index (κ1) is 21.0. The van der Waals surface area contributed by atoms with Gasteiger partial charge in [0.2, 0.25) is 5.91 Å². The minimum Gasteiger partial charge on any atom is -0.349 e. The van der Waals surface area contributed by atoms with E-state index in [1.807, 2.05) is 40.3 Å². The summed E-state index contributed by atoms with van der Waals surface area (Å²) in [6.45, 7) is 0.513. The number of aromatic amines is 1. The number of aromatic nitrogens is 3. The van der Waals surface area contributed by atoms with Crippen LogP contribution in [0.3, 0.4) is 0 Å². The minimum atomic E-state index is 0.0555. The van der Waals surface area contributed by atoms with Crippen molar-refractivity contribution in [3.05, 3.63) is 58.2 Å². The fourth-order valence-electron chi connectivity index (χ4n) is 4.32. The lowest BCUT2D eigenvalue weighted by atomic mass is 9.83. The molecule has 7 heteroatoms. The van der Waals surface area contributed by atoms with E-state index in [-0.39, 0.29) is 11.9 Å². The van der Waals surface area contributed by atoms with Crippen LogP contribution in [0.25, 0.3) is 10.7 Å². The minimum absolute atomic E-state index is 0.0555. The molecule has 1 saturated carbocycles. The van der Waals surface area contributed by atoms with Gasteiger partial charge in [0.05, 0.1) is 10.9 Å². The standard InChI is InChI=1S/C23H28N4OS2/c28-21(13-14-27-22(25-26-23(27)29)20-12-7-15-30-20)24-19(18-10-5-2-6-11-18)16-17-8-3-1-4-9-17/h2,5-7,10-12,15,17,19H,1,3-4,8-9,13-14,16H2,(H,24,28)(H,26,29). The third-order valence-electron chi connectivity index (χ3n) is 5.89. The molecule has 0 spiro atoms. The van der Waals surface area contributed by atoms with E-state index in [2.05, 4.69) is 27.6 Å². The smallest absolute Gasteiger partial charge is 0.222 e. The highest BCUT2D eigenvalue weighted by atomic mass is 32.1. The molecule has 1 fully saturated rings. The van der Waals surface area contributed by atoms with Crippen LogP contribution in [0.1, 0.15) is 56.6 Å². The molecule has 1 unspecified atom stereocenters. The van der Waals surface area contributed by atoms with Gasteiger partial charge in [-0.2, -0.15) is 5.10 Å². The maximum Gasteiger partial charge on any atom is 0.222 e. The second-order valence-corrected chi connectivity index (χ2v) is 9.34. The average molecular weight is 441 g/mol. The van der Waals surface area contributed by atoms with Crippen LogP contribution in [0.15, 0.2) is 47.8 Å². The average Bonchev–Trinajstić information content (AvgIpc) is 3.43. The Labute approximate surface area is 186 Å². The highest BCUT2D eigenvalue weighted by Gasteiger charge is 2.22. The van der Waals surface area contributed by atoms with E-state index in [4.69, 9.17) is 12.2 Å². The zero-order valence-electron chi connectivity index (χ0n) is 17.0. The van der Waals surface area contributed by atoms with Crippen molar-refractivity contribution < 1.29 is 4.79 Å². The van der Waals surface area contributed by atoms with Gasteiger partial charge in [-0.15, -0.1) is 11.3 Å². The van der Waals surface area contributed by atoms with E-state index in [1.165, 1.54) is 37.7 Å². The van der Waals surface area contributed by atoms with Crippen LogP contribution in [0.5, 0.6) is 0 Å². The molecule has 2 heterocycles. The van der Waals surface area contributed by atoms with E-state index < -0.39 is 0 Å². The van der Waals surface area contributed by atoms with Crippen molar-refractivity contribution in [2.24, 2.45) is 5.92 Å². The Morgan fingerprint density at radius 1 is 1.20 bits per heavy atom. The normalized spacial score (nSPS) is 15.7. The van der Waals surface area contributed by atoms with Gasteiger partial charge in [0.15, 0.2) is 10.6 Å². The molecule has 1 aliphatic carbocycles. The van der Waals surface area contributed by atoms with Crippen LogP contribution >= 0.6 is 23.6 Å². The fraction of sp³-hybridized carbons (Fsp3) is 0.435. The van der Waals surface area contributed by atoms with Crippen molar-refractivity contribution >= 4 is 29.5 Å². The maximum absolute atomic E-state index is 12.9. The van der Waals surface area contributed by atoms with Crippen molar-refractivity contribution in [1.29, 1.82) is 0 Å². The number of carbonyl (C=O) groups is 1. The number of thiophene rings is 1. The van der Waals surface area contributed by atoms with Gasteiger partial charge in [-0.1, -0.05) is 68.5 Å². The van der Waals surface area contributed by atoms with Gasteiger partial charge in [0, 0.05) is 13.0 Å². The summed E-state index contributed by atoms with van der Waals surface area (Å²) < 4.78 is 2.47. The largest absolute Gasteiger partial charge is 0.349 e. The molecule has 4 rings (SSSR count). The summed E-state index contributed by atoms with van der Waals surface area (Å²) in [4.78, 5) is 13.9. The van der Waals surface area contributed by atoms with E-state index in [9.17, 15) is 4.79 Å². The van der Waals surface area contributed by atoms with Gasteiger partial charge in [0.1, 0.15) is 0 Å². The molecule has 2 aromatic heterocycles. The number of carbonyl (C=O) groups excluding carboxylic acids is 1. The lowest BCUT2D eigenvalue weighted by Gasteiger charge is -2.27. The van der Waals surface area contributed by atoms with Gasteiger partial charge < -0.3 is 5.32 Å². The summed E-state index contributed by atoms with van der Waals surface area (Å²) in [5.74, 6) is 1.54. The zero-order chi connectivity index (χ0) is 20.8. The molecule has 30 heavy (non-hydrogen) atoms. The quantitative estimate of drug-likeness (QED) is 0.430. The van der Waals surface area contributed by atoms with E-state index >= 15 is 0 Å². The third kappa shape index (κ3) is 5.26. The number of amides is 1. The van der Waals surface area contributed by atoms with Crippen LogP contribution in [0.4, 0.5) is 0 Å². The molecule has 0 radical (unpaired) electrons. The molecule has 1 atom stereocenters. The zero-order valence-corrected chi connectivity index (χ0v) is 18.7. The topological polar surface area (TPSA) is 62.7 Å². The first-order chi connectivity index (χ1) is 14.7. The number of nitrogens with zero attached hydrogens (tertiary/aromatic N) is 2. The van der Waals surface area contributed by atoms with Crippen molar-refractivity contribution in [1.82, 2.24) is 20.1 Å². The van der Waals surface area contributed by atoms with Crippen molar-refractivity contribution in [3.8, 4) is 10.7 Å². The molecule has 3 aromatic rings. The lowest BCUT2D eigenvalue weighted by molar-refractivity contribution is -0.122. The Hall–Kier alpha value is -2.25. The molecule has 158 valence electrons. The van der Waals surface area contributed by atoms with Crippen LogP contribution in [0, 0.1) is 10.7 Å². The summed E-state index contributed by atoms with van der Waals surface area (Å²) >= 11 is 7.00. The molecular weight excluding hydrogens is 412 g/mol. The SMILES string of the molecule is O=C(CCn1c(-c2cccs2)n[nH]c1=S)NC(CC1CCCCC1)c1ccccc1. The Bertz CT molecular complexity index is 988. The Balaban J connectivity index is 1.42. The Morgan fingerprint density at radius 2 is 2.00 bits per heavy atom. The third-order valence-corrected chi connectivity index (χ3v) is 7.07. The summed E-state index contributed by atoms with van der Waals surface area (Å²) in [6, 6.07) is 14.4. The number of benzene rings is 1. The maximum atomic E-state index is 12.9. The molecule has 0 saturated heterocycles. The van der Waals surface area contributed by atoms with Gasteiger partial charge in [-0.3, -0.25) is 14.5 Å². The first-order valence-corrected chi connectivity index (χ1v) is 12.0. The Morgan fingerprint density at radius 3 is 2.73 bits per heavy atom. The van der Waals surface area contributed by atoms with E-state index in [0.717, 1.165) is 17.1 Å². The highest BCUT2D eigenvalue weighted by Crippen LogP contribution is 2.32. The van der Waals surface area contributed by atoms with E-state index in [0.29, 0.717) is 23.7 Å². The van der Waals surface area contributed by atoms with Crippen LogP contribution in [0.2, 0.25) is 0 Å². The lowest BCUT2D eigenvalue weighted by Crippen LogP contribution is -2.31. The monoisotopic (exact) mass is 440 g/mol. The molecule has 1 amide bonds. The predicted molar refractivity (Wildman–Crippen MR) is 124 cm³/mol. The number of nitrogens with one attached hydrogen (secondary N) is 2. The van der Waals surface area contributed by atoms with Crippen LogP contribution in [-0.2, 0) is 11.3 Å². The molecule has 1 aromatic carbocycles.